The van der Waals surface area contributed by atoms with Gasteiger partial charge in [0.25, 0.3) is 0 Å². The fourth-order valence-corrected chi connectivity index (χ4v) is 5.65. The van der Waals surface area contributed by atoms with Crippen molar-refractivity contribution in [3.05, 3.63) is 119 Å². The molecule has 0 spiro atoms. The first-order chi connectivity index (χ1) is 18.6. The lowest BCUT2D eigenvalue weighted by Crippen LogP contribution is -2.48. The minimum Gasteiger partial charge on any atom is -0.307 e. The SMILES string of the molecule is C=C/C=c1/cc(-n2c3ccccc3c3ccc(C)c(N(C)N4CCCN=C4c4ccccc4)c32)ccc1=C. The lowest BCUT2D eigenvalue weighted by Gasteiger charge is -2.39. The summed E-state index contributed by atoms with van der Waals surface area (Å²) in [6, 6.07) is 30.1. The van der Waals surface area contributed by atoms with Crippen LogP contribution >= 0.6 is 0 Å². The highest BCUT2D eigenvalue weighted by atomic mass is 15.6. The number of fused-ring (bicyclic) bond motifs is 3. The second-order valence-corrected chi connectivity index (χ2v) is 9.84. The molecule has 0 saturated carbocycles. The molecule has 0 N–H and O–H groups in total. The second-order valence-electron chi connectivity index (χ2n) is 9.84. The van der Waals surface area contributed by atoms with Crippen molar-refractivity contribution in [3.63, 3.8) is 0 Å². The molecule has 5 aromatic rings. The predicted molar refractivity (Wildman–Crippen MR) is 163 cm³/mol. The number of hydrogen-bond acceptors (Lipinski definition) is 3. The number of allylic oxidation sites excluding steroid dienone is 1. The molecule has 0 fully saturated rings. The van der Waals surface area contributed by atoms with Crippen molar-refractivity contribution in [2.75, 3.05) is 25.1 Å². The molecule has 2 heterocycles. The van der Waals surface area contributed by atoms with Gasteiger partial charge in [-0.2, -0.15) is 0 Å². The first-order valence-corrected chi connectivity index (χ1v) is 13.1. The molecule has 38 heavy (non-hydrogen) atoms. The van der Waals surface area contributed by atoms with E-state index in [1.54, 1.807) is 0 Å². The van der Waals surface area contributed by atoms with E-state index in [2.05, 4.69) is 127 Å². The van der Waals surface area contributed by atoms with E-state index in [4.69, 9.17) is 4.99 Å². The number of aromatic nitrogens is 1. The van der Waals surface area contributed by atoms with E-state index in [-0.39, 0.29) is 0 Å². The lowest BCUT2D eigenvalue weighted by atomic mass is 10.1. The Morgan fingerprint density at radius 1 is 0.921 bits per heavy atom. The molecule has 1 aliphatic heterocycles. The average molecular weight is 497 g/mol. The van der Waals surface area contributed by atoms with E-state index in [1.165, 1.54) is 33.1 Å². The van der Waals surface area contributed by atoms with E-state index < -0.39 is 0 Å². The van der Waals surface area contributed by atoms with E-state index in [9.17, 15) is 0 Å². The standard InChI is InChI=1S/C34H32N4/c1-5-12-27-23-28(19-17-24(27)2)38-31-16-10-9-15-29(31)30-20-18-25(3)32(33(30)38)36(4)37-22-11-21-35-34(37)26-13-7-6-8-14-26/h5-10,12-20,23H,1-2,11,21-22H2,3-4H3/b27-12-. The highest BCUT2D eigenvalue weighted by Gasteiger charge is 2.26. The summed E-state index contributed by atoms with van der Waals surface area (Å²) in [5.41, 5.74) is 7.01. The highest BCUT2D eigenvalue weighted by molar-refractivity contribution is 6.14. The molecule has 0 aliphatic carbocycles. The third-order valence-corrected chi connectivity index (χ3v) is 7.45. The monoisotopic (exact) mass is 496 g/mol. The summed E-state index contributed by atoms with van der Waals surface area (Å²) in [5.74, 6) is 1.02. The Labute approximate surface area is 223 Å². The number of benzene rings is 4. The van der Waals surface area contributed by atoms with Crippen LogP contribution in [-0.4, -0.2) is 35.5 Å². The first kappa shape index (κ1) is 23.8. The third-order valence-electron chi connectivity index (χ3n) is 7.45. The van der Waals surface area contributed by atoms with E-state index in [0.717, 1.165) is 47.0 Å². The number of aryl methyl sites for hydroxylation is 1. The highest BCUT2D eigenvalue weighted by Crippen LogP contribution is 2.39. The van der Waals surface area contributed by atoms with Crippen molar-refractivity contribution in [1.29, 1.82) is 0 Å². The topological polar surface area (TPSA) is 23.8 Å². The van der Waals surface area contributed by atoms with Gasteiger partial charge in [-0.05, 0) is 47.5 Å². The van der Waals surface area contributed by atoms with Gasteiger partial charge in [0.1, 0.15) is 5.84 Å². The second kappa shape index (κ2) is 9.71. The van der Waals surface area contributed by atoms with E-state index in [1.807, 2.05) is 12.2 Å². The quantitative estimate of drug-likeness (QED) is 0.299. The summed E-state index contributed by atoms with van der Waals surface area (Å²) in [4.78, 5) is 4.98. The number of hydrogen-bond donors (Lipinski definition) is 0. The van der Waals surface area contributed by atoms with Gasteiger partial charge in [0.2, 0.25) is 0 Å². The molecule has 188 valence electrons. The van der Waals surface area contributed by atoms with E-state index >= 15 is 0 Å². The van der Waals surface area contributed by atoms with Crippen LogP contribution < -0.4 is 15.4 Å². The first-order valence-electron chi connectivity index (χ1n) is 13.1. The summed E-state index contributed by atoms with van der Waals surface area (Å²) < 4.78 is 2.40. The summed E-state index contributed by atoms with van der Waals surface area (Å²) in [6.07, 6.45) is 4.86. The number of para-hydroxylation sites is 1. The minimum atomic E-state index is 0.845. The van der Waals surface area contributed by atoms with Crippen LogP contribution in [0.3, 0.4) is 0 Å². The maximum atomic E-state index is 4.98. The molecule has 0 bridgehead atoms. The molecule has 4 nitrogen and oxygen atoms in total. The van der Waals surface area contributed by atoms with Gasteiger partial charge in [0.15, 0.2) is 0 Å². The summed E-state index contributed by atoms with van der Waals surface area (Å²) in [6.45, 7) is 12.1. The van der Waals surface area contributed by atoms with Crippen LogP contribution in [0.25, 0.3) is 40.1 Å². The Morgan fingerprint density at radius 2 is 1.71 bits per heavy atom. The zero-order valence-electron chi connectivity index (χ0n) is 22.1. The Balaban J connectivity index is 1.64. The van der Waals surface area contributed by atoms with Crippen molar-refractivity contribution in [3.8, 4) is 5.69 Å². The van der Waals surface area contributed by atoms with Crippen molar-refractivity contribution in [1.82, 2.24) is 9.58 Å². The molecular formula is C34H32N4. The number of anilines is 1. The normalized spacial score (nSPS) is 14.2. The fraction of sp³-hybridized carbons (Fsp3) is 0.147. The van der Waals surface area contributed by atoms with Gasteiger partial charge in [-0.25, -0.2) is 0 Å². The molecule has 6 rings (SSSR count). The molecule has 4 heteroatoms. The fourth-order valence-electron chi connectivity index (χ4n) is 5.65. The minimum absolute atomic E-state index is 0.845. The summed E-state index contributed by atoms with van der Waals surface area (Å²) in [5, 5.41) is 9.17. The molecule has 0 radical (unpaired) electrons. The van der Waals surface area contributed by atoms with Gasteiger partial charge in [0, 0.05) is 42.2 Å². The van der Waals surface area contributed by atoms with Gasteiger partial charge < -0.3 is 4.57 Å². The summed E-state index contributed by atoms with van der Waals surface area (Å²) >= 11 is 0. The predicted octanol–water partition coefficient (Wildman–Crippen LogP) is 5.97. The number of hydrazine groups is 1. The number of rotatable bonds is 5. The molecule has 0 atom stereocenters. The van der Waals surface area contributed by atoms with Crippen LogP contribution in [0, 0.1) is 6.92 Å². The van der Waals surface area contributed by atoms with Gasteiger partial charge in [-0.15, -0.1) is 0 Å². The summed E-state index contributed by atoms with van der Waals surface area (Å²) in [7, 11) is 2.17. The zero-order chi connectivity index (χ0) is 26.2. The maximum absolute atomic E-state index is 4.98. The third kappa shape index (κ3) is 3.90. The number of nitrogens with zero attached hydrogens (tertiary/aromatic N) is 4. The van der Waals surface area contributed by atoms with E-state index in [0.29, 0.717) is 0 Å². The van der Waals surface area contributed by atoms with Gasteiger partial charge in [-0.1, -0.05) is 92.0 Å². The molecule has 0 unspecified atom stereocenters. The molecule has 4 aromatic carbocycles. The lowest BCUT2D eigenvalue weighted by molar-refractivity contribution is 0.385. The zero-order valence-corrected chi connectivity index (χ0v) is 22.1. The van der Waals surface area contributed by atoms with Gasteiger partial charge in [0.05, 0.1) is 16.7 Å². The Bertz CT molecular complexity index is 1810. The largest absolute Gasteiger partial charge is 0.307 e. The number of aliphatic imine (C=N–C) groups is 1. The molecule has 0 amide bonds. The van der Waals surface area contributed by atoms with Crippen molar-refractivity contribution in [2.45, 2.75) is 13.3 Å². The van der Waals surface area contributed by atoms with Crippen molar-refractivity contribution < 1.29 is 0 Å². The Kier molecular flexibility index (Phi) is 6.09. The Morgan fingerprint density at radius 3 is 2.53 bits per heavy atom. The van der Waals surface area contributed by atoms with Crippen LogP contribution in [0.1, 0.15) is 17.5 Å². The number of amidine groups is 1. The van der Waals surface area contributed by atoms with Crippen LogP contribution in [0.5, 0.6) is 0 Å². The molecule has 0 saturated heterocycles. The molecule has 1 aliphatic rings. The van der Waals surface area contributed by atoms with Gasteiger partial charge in [-0.3, -0.25) is 15.0 Å². The van der Waals surface area contributed by atoms with Crippen LogP contribution in [0.4, 0.5) is 5.69 Å². The maximum Gasteiger partial charge on any atom is 0.149 e. The smallest absolute Gasteiger partial charge is 0.149 e. The van der Waals surface area contributed by atoms with Crippen molar-refractivity contribution >= 4 is 46.0 Å². The van der Waals surface area contributed by atoms with Crippen LogP contribution in [0.2, 0.25) is 0 Å². The van der Waals surface area contributed by atoms with Crippen LogP contribution in [0.15, 0.2) is 103 Å². The Hall–Kier alpha value is -4.57. The average Bonchev–Trinajstić information content (AvgIpc) is 3.29. The molecular weight excluding hydrogens is 464 g/mol. The van der Waals surface area contributed by atoms with Crippen molar-refractivity contribution in [2.24, 2.45) is 4.99 Å². The van der Waals surface area contributed by atoms with Crippen LogP contribution in [-0.2, 0) is 0 Å². The van der Waals surface area contributed by atoms with Gasteiger partial charge >= 0.3 is 0 Å². The molecule has 1 aromatic heterocycles.